The molecule has 2 fully saturated rings. The first-order valence-electron chi connectivity index (χ1n) is 9.82. The number of fused-ring (bicyclic) bond motifs is 2. The number of nitrogens with zero attached hydrogens (tertiary/aromatic N) is 1. The summed E-state index contributed by atoms with van der Waals surface area (Å²) in [6, 6.07) is 11.1. The van der Waals surface area contributed by atoms with Gasteiger partial charge in [0.1, 0.15) is 0 Å². The second-order valence-corrected chi connectivity index (χ2v) is 8.19. The molecule has 3 atom stereocenters. The van der Waals surface area contributed by atoms with Crippen molar-refractivity contribution in [3.05, 3.63) is 35.9 Å². The van der Waals surface area contributed by atoms with Crippen LogP contribution in [0, 0.1) is 17.8 Å². The molecule has 2 bridgehead atoms. The molecule has 3 rings (SSSR count). The lowest BCUT2D eigenvalue weighted by Gasteiger charge is -2.43. The number of carbonyl (C=O) groups is 1. The SMILES string of the molecule is CC(CNC(=O)C1CC2CCCC(C1)C2N)N(C)Cc1ccccc1. The van der Waals surface area contributed by atoms with Crippen LogP contribution in [0.15, 0.2) is 30.3 Å². The Labute approximate surface area is 152 Å². The maximum atomic E-state index is 12.7. The fraction of sp³-hybridized carbons (Fsp3) is 0.667. The predicted molar refractivity (Wildman–Crippen MR) is 102 cm³/mol. The summed E-state index contributed by atoms with van der Waals surface area (Å²) in [5.41, 5.74) is 7.65. The molecular formula is C21H33N3O. The first kappa shape index (κ1) is 18.4. The number of carbonyl (C=O) groups excluding carboxylic acids is 1. The van der Waals surface area contributed by atoms with E-state index in [1.165, 1.54) is 24.8 Å². The molecule has 1 aromatic rings. The quantitative estimate of drug-likeness (QED) is 0.835. The van der Waals surface area contributed by atoms with Crippen LogP contribution in [0.1, 0.15) is 44.6 Å². The van der Waals surface area contributed by atoms with E-state index >= 15 is 0 Å². The van der Waals surface area contributed by atoms with Gasteiger partial charge in [0.15, 0.2) is 0 Å². The smallest absolute Gasteiger partial charge is 0.223 e. The molecule has 25 heavy (non-hydrogen) atoms. The van der Waals surface area contributed by atoms with E-state index in [-0.39, 0.29) is 11.8 Å². The summed E-state index contributed by atoms with van der Waals surface area (Å²) in [7, 11) is 2.12. The van der Waals surface area contributed by atoms with E-state index in [0.717, 1.165) is 19.4 Å². The largest absolute Gasteiger partial charge is 0.354 e. The van der Waals surface area contributed by atoms with Crippen molar-refractivity contribution in [3.8, 4) is 0 Å². The van der Waals surface area contributed by atoms with Crippen molar-refractivity contribution in [3.63, 3.8) is 0 Å². The highest BCUT2D eigenvalue weighted by atomic mass is 16.1. The Morgan fingerprint density at radius 1 is 1.24 bits per heavy atom. The molecule has 2 aliphatic carbocycles. The van der Waals surface area contributed by atoms with Crippen LogP contribution >= 0.6 is 0 Å². The minimum Gasteiger partial charge on any atom is -0.354 e. The number of rotatable bonds is 6. The van der Waals surface area contributed by atoms with Crippen LogP contribution in [-0.4, -0.2) is 36.5 Å². The van der Waals surface area contributed by atoms with Gasteiger partial charge < -0.3 is 11.1 Å². The average Bonchev–Trinajstić information content (AvgIpc) is 2.60. The third-order valence-corrected chi connectivity index (χ3v) is 6.38. The predicted octanol–water partition coefficient (Wildman–Crippen LogP) is 2.78. The van der Waals surface area contributed by atoms with E-state index < -0.39 is 0 Å². The maximum absolute atomic E-state index is 12.7. The zero-order valence-corrected chi connectivity index (χ0v) is 15.7. The Kier molecular flexibility index (Phi) is 6.13. The van der Waals surface area contributed by atoms with E-state index in [0.29, 0.717) is 30.5 Å². The van der Waals surface area contributed by atoms with Gasteiger partial charge in [-0.3, -0.25) is 9.69 Å². The van der Waals surface area contributed by atoms with Gasteiger partial charge in [-0.15, -0.1) is 0 Å². The van der Waals surface area contributed by atoms with Crippen LogP contribution in [-0.2, 0) is 11.3 Å². The molecule has 4 nitrogen and oxygen atoms in total. The second-order valence-electron chi connectivity index (χ2n) is 8.19. The first-order valence-corrected chi connectivity index (χ1v) is 9.82. The van der Waals surface area contributed by atoms with Crippen LogP contribution in [0.4, 0.5) is 0 Å². The molecule has 0 radical (unpaired) electrons. The van der Waals surface area contributed by atoms with Crippen LogP contribution < -0.4 is 11.1 Å². The molecule has 3 unspecified atom stereocenters. The van der Waals surface area contributed by atoms with Gasteiger partial charge in [0.25, 0.3) is 0 Å². The lowest BCUT2D eigenvalue weighted by molar-refractivity contribution is -0.128. The Morgan fingerprint density at radius 3 is 2.52 bits per heavy atom. The molecule has 0 aromatic heterocycles. The van der Waals surface area contributed by atoms with E-state index in [1.807, 2.05) is 6.07 Å². The summed E-state index contributed by atoms with van der Waals surface area (Å²) in [4.78, 5) is 14.9. The molecule has 1 aromatic carbocycles. The molecule has 2 saturated carbocycles. The minimum absolute atomic E-state index is 0.168. The molecule has 1 amide bonds. The van der Waals surface area contributed by atoms with Gasteiger partial charge in [-0.2, -0.15) is 0 Å². The Morgan fingerprint density at radius 2 is 1.88 bits per heavy atom. The summed E-state index contributed by atoms with van der Waals surface area (Å²) in [5, 5.41) is 3.20. The van der Waals surface area contributed by atoms with Gasteiger partial charge in [0, 0.05) is 31.1 Å². The second kappa shape index (κ2) is 8.33. The highest BCUT2D eigenvalue weighted by Gasteiger charge is 2.40. The average molecular weight is 344 g/mol. The normalized spacial score (nSPS) is 30.1. The lowest BCUT2D eigenvalue weighted by atomic mass is 9.65. The Bertz CT molecular complexity index is 548. The summed E-state index contributed by atoms with van der Waals surface area (Å²) in [5.74, 6) is 1.52. The monoisotopic (exact) mass is 343 g/mol. The Hall–Kier alpha value is -1.39. The van der Waals surface area contributed by atoms with Crippen molar-refractivity contribution in [2.75, 3.05) is 13.6 Å². The molecular weight excluding hydrogens is 310 g/mol. The van der Waals surface area contributed by atoms with Crippen LogP contribution in [0.3, 0.4) is 0 Å². The van der Waals surface area contributed by atoms with Crippen molar-refractivity contribution in [1.29, 1.82) is 0 Å². The molecule has 0 aliphatic heterocycles. The van der Waals surface area contributed by atoms with Gasteiger partial charge in [-0.1, -0.05) is 36.8 Å². The zero-order valence-electron chi connectivity index (χ0n) is 15.7. The number of likely N-dealkylation sites (N-methyl/N-ethyl adjacent to an activating group) is 1. The van der Waals surface area contributed by atoms with E-state index in [1.54, 1.807) is 0 Å². The van der Waals surface area contributed by atoms with E-state index in [4.69, 9.17) is 5.73 Å². The Balaban J connectivity index is 1.45. The van der Waals surface area contributed by atoms with Crippen molar-refractivity contribution in [1.82, 2.24) is 10.2 Å². The van der Waals surface area contributed by atoms with Crippen LogP contribution in [0.25, 0.3) is 0 Å². The van der Waals surface area contributed by atoms with Gasteiger partial charge in [-0.05, 0) is 57.1 Å². The summed E-state index contributed by atoms with van der Waals surface area (Å²) >= 11 is 0. The van der Waals surface area contributed by atoms with Gasteiger partial charge in [-0.25, -0.2) is 0 Å². The van der Waals surface area contributed by atoms with Crippen LogP contribution in [0.5, 0.6) is 0 Å². The molecule has 138 valence electrons. The van der Waals surface area contributed by atoms with Crippen molar-refractivity contribution >= 4 is 5.91 Å². The third kappa shape index (κ3) is 4.62. The number of nitrogens with one attached hydrogen (secondary N) is 1. The van der Waals surface area contributed by atoms with E-state index in [2.05, 4.69) is 48.5 Å². The number of nitrogens with two attached hydrogens (primary N) is 1. The number of hydrogen-bond donors (Lipinski definition) is 2. The molecule has 4 heteroatoms. The van der Waals surface area contributed by atoms with Crippen LogP contribution in [0.2, 0.25) is 0 Å². The lowest BCUT2D eigenvalue weighted by Crippen LogP contribution is -2.50. The molecule has 0 heterocycles. The summed E-state index contributed by atoms with van der Waals surface area (Å²) in [6.07, 6.45) is 5.67. The maximum Gasteiger partial charge on any atom is 0.223 e. The zero-order chi connectivity index (χ0) is 17.8. The standard InChI is InChI=1S/C21H33N3O/c1-15(24(2)14-16-7-4-3-5-8-16)13-23-21(25)19-11-17-9-6-10-18(12-19)20(17)22/h3-5,7-8,15,17-20H,6,9-14,22H2,1-2H3,(H,23,25). The highest BCUT2D eigenvalue weighted by molar-refractivity contribution is 5.78. The number of amides is 1. The topological polar surface area (TPSA) is 58.4 Å². The molecule has 0 spiro atoms. The fourth-order valence-electron chi connectivity index (χ4n) is 4.58. The van der Waals surface area contributed by atoms with Gasteiger partial charge in [0.2, 0.25) is 5.91 Å². The summed E-state index contributed by atoms with van der Waals surface area (Å²) < 4.78 is 0. The number of benzene rings is 1. The molecule has 2 aliphatic rings. The van der Waals surface area contributed by atoms with Crippen molar-refractivity contribution in [2.45, 2.75) is 57.7 Å². The van der Waals surface area contributed by atoms with Gasteiger partial charge >= 0.3 is 0 Å². The van der Waals surface area contributed by atoms with Crippen molar-refractivity contribution < 1.29 is 4.79 Å². The van der Waals surface area contributed by atoms with Crippen molar-refractivity contribution in [2.24, 2.45) is 23.5 Å². The molecule has 3 N–H and O–H groups in total. The third-order valence-electron chi connectivity index (χ3n) is 6.38. The minimum atomic E-state index is 0.168. The summed E-state index contributed by atoms with van der Waals surface area (Å²) in [6.45, 7) is 3.79. The van der Waals surface area contributed by atoms with Gasteiger partial charge in [0.05, 0.1) is 0 Å². The number of hydrogen-bond acceptors (Lipinski definition) is 3. The van der Waals surface area contributed by atoms with E-state index in [9.17, 15) is 4.79 Å². The highest BCUT2D eigenvalue weighted by Crippen LogP contribution is 2.41. The molecule has 0 saturated heterocycles. The first-order chi connectivity index (χ1) is 12.0. The fourth-order valence-corrected chi connectivity index (χ4v) is 4.58.